The topological polar surface area (TPSA) is 96.0 Å². The van der Waals surface area contributed by atoms with Gasteiger partial charge in [-0.05, 0) is 48.5 Å². The van der Waals surface area contributed by atoms with E-state index in [2.05, 4.69) is 9.71 Å². The molecule has 0 aliphatic carbocycles. The molecule has 1 aromatic heterocycles. The van der Waals surface area contributed by atoms with Crippen molar-refractivity contribution in [1.82, 2.24) is 4.98 Å². The van der Waals surface area contributed by atoms with Crippen LogP contribution in [-0.4, -0.2) is 34.7 Å². The van der Waals surface area contributed by atoms with Crippen LogP contribution in [0.5, 0.6) is 28.9 Å². The molecule has 0 amide bonds. The third-order valence-electron chi connectivity index (χ3n) is 3.95. The second kappa shape index (κ2) is 8.70. The first-order valence-corrected chi connectivity index (χ1v) is 9.97. The van der Waals surface area contributed by atoms with Crippen molar-refractivity contribution in [3.05, 3.63) is 60.8 Å². The molecule has 0 unspecified atom stereocenters. The van der Waals surface area contributed by atoms with Crippen LogP contribution >= 0.6 is 0 Å². The number of rotatable bonds is 8. The third-order valence-corrected chi connectivity index (χ3v) is 5.34. The Labute approximate surface area is 169 Å². The van der Waals surface area contributed by atoms with Gasteiger partial charge in [-0.3, -0.25) is 4.72 Å². The van der Waals surface area contributed by atoms with E-state index in [0.29, 0.717) is 17.2 Å². The molecule has 2 aromatic carbocycles. The minimum Gasteiger partial charge on any atom is -0.497 e. The van der Waals surface area contributed by atoms with Crippen molar-refractivity contribution in [3.8, 4) is 28.9 Å². The second-order valence-corrected chi connectivity index (χ2v) is 7.41. The largest absolute Gasteiger partial charge is 0.497 e. The molecule has 3 aromatic rings. The quantitative estimate of drug-likeness (QED) is 0.598. The van der Waals surface area contributed by atoms with Crippen LogP contribution in [0.4, 0.5) is 5.69 Å². The molecule has 0 saturated heterocycles. The standard InChI is InChI=1S/C20H20N2O6S/c1-25-14-6-8-15(9-7-14)28-20-17(5-4-12-21-20)22-29(23,24)19-13-16(26-2)10-11-18(19)27-3/h4-13,22H,1-3H3. The average molecular weight is 416 g/mol. The number of benzene rings is 2. The van der Waals surface area contributed by atoms with Crippen molar-refractivity contribution < 1.29 is 27.4 Å². The normalized spacial score (nSPS) is 10.9. The van der Waals surface area contributed by atoms with Crippen LogP contribution in [0, 0.1) is 0 Å². The molecule has 0 fully saturated rings. The summed E-state index contributed by atoms with van der Waals surface area (Å²) in [6.07, 6.45) is 1.50. The van der Waals surface area contributed by atoms with E-state index in [1.165, 1.54) is 32.5 Å². The SMILES string of the molecule is COc1ccc(Oc2ncccc2NS(=O)(=O)c2cc(OC)ccc2OC)cc1. The van der Waals surface area contributed by atoms with E-state index < -0.39 is 10.0 Å². The number of sulfonamides is 1. The van der Waals surface area contributed by atoms with Crippen LogP contribution in [0.3, 0.4) is 0 Å². The number of methoxy groups -OCH3 is 3. The molecule has 8 nitrogen and oxygen atoms in total. The van der Waals surface area contributed by atoms with E-state index in [0.717, 1.165) is 0 Å². The van der Waals surface area contributed by atoms with Crippen molar-refractivity contribution in [2.45, 2.75) is 4.90 Å². The number of ether oxygens (including phenoxy) is 4. The van der Waals surface area contributed by atoms with Crippen LogP contribution in [0.2, 0.25) is 0 Å². The highest BCUT2D eigenvalue weighted by atomic mass is 32.2. The molecule has 0 aliphatic heterocycles. The summed E-state index contributed by atoms with van der Waals surface area (Å²) >= 11 is 0. The molecule has 0 bridgehead atoms. The predicted octanol–water partition coefficient (Wildman–Crippen LogP) is 3.70. The Morgan fingerprint density at radius 1 is 0.828 bits per heavy atom. The van der Waals surface area contributed by atoms with E-state index in [1.54, 1.807) is 49.6 Å². The fraction of sp³-hybridized carbons (Fsp3) is 0.150. The van der Waals surface area contributed by atoms with Gasteiger partial charge in [0, 0.05) is 12.3 Å². The minimum absolute atomic E-state index is 0.0707. The van der Waals surface area contributed by atoms with Crippen molar-refractivity contribution in [2.75, 3.05) is 26.1 Å². The Morgan fingerprint density at radius 3 is 2.14 bits per heavy atom. The maximum Gasteiger partial charge on any atom is 0.265 e. The van der Waals surface area contributed by atoms with Gasteiger partial charge in [-0.2, -0.15) is 0 Å². The summed E-state index contributed by atoms with van der Waals surface area (Å²) in [5, 5.41) is 0. The van der Waals surface area contributed by atoms with Gasteiger partial charge in [0.05, 0.1) is 21.3 Å². The Balaban J connectivity index is 1.92. The summed E-state index contributed by atoms with van der Waals surface area (Å²) in [7, 11) is 0.399. The first kappa shape index (κ1) is 20.3. The molecule has 0 saturated carbocycles. The smallest absolute Gasteiger partial charge is 0.265 e. The summed E-state index contributed by atoms with van der Waals surface area (Å²) in [5.41, 5.74) is 0.174. The lowest BCUT2D eigenvalue weighted by molar-refractivity contribution is 0.392. The lowest BCUT2D eigenvalue weighted by Crippen LogP contribution is -2.15. The number of nitrogens with one attached hydrogen (secondary N) is 1. The Hall–Kier alpha value is -3.46. The summed E-state index contributed by atoms with van der Waals surface area (Å²) in [6, 6.07) is 14.5. The monoisotopic (exact) mass is 416 g/mol. The van der Waals surface area contributed by atoms with Gasteiger partial charge >= 0.3 is 0 Å². The van der Waals surface area contributed by atoms with Gasteiger partial charge in [-0.1, -0.05) is 0 Å². The molecule has 1 N–H and O–H groups in total. The van der Waals surface area contributed by atoms with Crippen molar-refractivity contribution >= 4 is 15.7 Å². The Kier molecular flexibility index (Phi) is 6.08. The summed E-state index contributed by atoms with van der Waals surface area (Å²) < 4.78 is 49.6. The van der Waals surface area contributed by atoms with E-state index in [4.69, 9.17) is 18.9 Å². The molecule has 3 rings (SSSR count). The molecule has 9 heteroatoms. The zero-order valence-electron chi connectivity index (χ0n) is 16.1. The van der Waals surface area contributed by atoms with E-state index in [9.17, 15) is 8.42 Å². The average Bonchev–Trinajstić information content (AvgIpc) is 2.75. The molecule has 152 valence electrons. The molecular formula is C20H20N2O6S. The van der Waals surface area contributed by atoms with Crippen molar-refractivity contribution in [2.24, 2.45) is 0 Å². The molecule has 0 atom stereocenters. The summed E-state index contributed by atoms with van der Waals surface area (Å²) in [6.45, 7) is 0. The van der Waals surface area contributed by atoms with E-state index >= 15 is 0 Å². The lowest BCUT2D eigenvalue weighted by Gasteiger charge is -2.15. The maximum absolute atomic E-state index is 13.0. The maximum atomic E-state index is 13.0. The zero-order valence-corrected chi connectivity index (χ0v) is 16.9. The summed E-state index contributed by atoms with van der Waals surface area (Å²) in [4.78, 5) is 4.06. The van der Waals surface area contributed by atoms with Gasteiger partial charge in [-0.15, -0.1) is 0 Å². The molecule has 29 heavy (non-hydrogen) atoms. The molecule has 0 radical (unpaired) electrons. The van der Waals surface area contributed by atoms with E-state index in [-0.39, 0.29) is 22.2 Å². The van der Waals surface area contributed by atoms with Crippen LogP contribution in [0.15, 0.2) is 65.7 Å². The fourth-order valence-electron chi connectivity index (χ4n) is 2.50. The highest BCUT2D eigenvalue weighted by Gasteiger charge is 2.22. The Morgan fingerprint density at radius 2 is 1.48 bits per heavy atom. The number of pyridine rings is 1. The van der Waals surface area contributed by atoms with Gasteiger partial charge in [-0.25, -0.2) is 13.4 Å². The summed E-state index contributed by atoms with van der Waals surface area (Å²) in [5.74, 6) is 1.81. The number of nitrogens with zero attached hydrogens (tertiary/aromatic N) is 1. The van der Waals surface area contributed by atoms with Gasteiger partial charge in [0.15, 0.2) is 0 Å². The highest BCUT2D eigenvalue weighted by molar-refractivity contribution is 7.92. The molecule has 1 heterocycles. The third kappa shape index (κ3) is 4.69. The van der Waals surface area contributed by atoms with Crippen molar-refractivity contribution in [1.29, 1.82) is 0 Å². The zero-order chi connectivity index (χ0) is 20.9. The van der Waals surface area contributed by atoms with Crippen LogP contribution in [0.25, 0.3) is 0 Å². The minimum atomic E-state index is -4.01. The number of hydrogen-bond donors (Lipinski definition) is 1. The fourth-order valence-corrected chi connectivity index (χ4v) is 3.74. The Bertz CT molecular complexity index is 1080. The number of anilines is 1. The van der Waals surface area contributed by atoms with Gasteiger partial charge < -0.3 is 18.9 Å². The molecule has 0 aliphatic rings. The molecule has 0 spiro atoms. The van der Waals surface area contributed by atoms with Crippen LogP contribution < -0.4 is 23.7 Å². The van der Waals surface area contributed by atoms with Crippen molar-refractivity contribution in [3.63, 3.8) is 0 Å². The first-order valence-electron chi connectivity index (χ1n) is 8.48. The van der Waals surface area contributed by atoms with Gasteiger partial charge in [0.1, 0.15) is 33.6 Å². The van der Waals surface area contributed by atoms with E-state index in [1.807, 2.05) is 0 Å². The second-order valence-electron chi connectivity index (χ2n) is 5.76. The van der Waals surface area contributed by atoms with Gasteiger partial charge in [0.2, 0.25) is 5.88 Å². The van der Waals surface area contributed by atoms with Crippen LogP contribution in [-0.2, 0) is 10.0 Å². The lowest BCUT2D eigenvalue weighted by atomic mass is 10.3. The van der Waals surface area contributed by atoms with Crippen LogP contribution in [0.1, 0.15) is 0 Å². The predicted molar refractivity (Wildman–Crippen MR) is 108 cm³/mol. The first-order chi connectivity index (χ1) is 14.0. The van der Waals surface area contributed by atoms with Gasteiger partial charge in [0.25, 0.3) is 10.0 Å². The highest BCUT2D eigenvalue weighted by Crippen LogP contribution is 2.33. The molecular weight excluding hydrogens is 396 g/mol. The number of hydrogen-bond acceptors (Lipinski definition) is 7. The number of aromatic nitrogens is 1.